The second-order valence-electron chi connectivity index (χ2n) is 7.52. The summed E-state index contributed by atoms with van der Waals surface area (Å²) in [7, 11) is 0. The van der Waals surface area contributed by atoms with E-state index in [0.717, 1.165) is 57.9 Å². The van der Waals surface area contributed by atoms with Gasteiger partial charge < -0.3 is 0 Å². The zero-order valence-electron chi connectivity index (χ0n) is 16.5. The highest BCUT2D eigenvalue weighted by atomic mass is 79.9. The lowest BCUT2D eigenvalue weighted by molar-refractivity contribution is -0.122. The second kappa shape index (κ2) is 8.37. The summed E-state index contributed by atoms with van der Waals surface area (Å²) in [5.41, 5.74) is 1.91. The Balaban J connectivity index is 1.36. The van der Waals surface area contributed by atoms with Gasteiger partial charge in [0.2, 0.25) is 0 Å². The molecule has 0 saturated carbocycles. The van der Waals surface area contributed by atoms with Crippen molar-refractivity contribution in [2.75, 3.05) is 6.54 Å². The molecule has 31 heavy (non-hydrogen) atoms. The SMILES string of the molecule is O=C1S/C(=C/c2ccc(Br)cc2)C(=O)N1CCn1cnc2sc3c(c2c1=O)CCCC3. The Kier molecular flexibility index (Phi) is 5.58. The van der Waals surface area contributed by atoms with E-state index in [-0.39, 0.29) is 29.8 Å². The third-order valence-electron chi connectivity index (χ3n) is 5.55. The fraction of sp³-hybridized carbons (Fsp3) is 0.273. The van der Waals surface area contributed by atoms with Crippen molar-refractivity contribution >= 4 is 66.5 Å². The zero-order valence-corrected chi connectivity index (χ0v) is 19.7. The Bertz CT molecular complexity index is 1290. The lowest BCUT2D eigenvalue weighted by Gasteiger charge is -2.14. The first-order chi connectivity index (χ1) is 15.0. The van der Waals surface area contributed by atoms with Crippen LogP contribution in [0.5, 0.6) is 0 Å². The largest absolute Gasteiger partial charge is 0.297 e. The molecule has 1 aromatic carbocycles. The van der Waals surface area contributed by atoms with Crippen molar-refractivity contribution in [3.8, 4) is 0 Å². The summed E-state index contributed by atoms with van der Waals surface area (Å²) in [4.78, 5) is 46.4. The average molecular weight is 516 g/mol. The third-order valence-corrected chi connectivity index (χ3v) is 8.18. The molecule has 0 radical (unpaired) electrons. The van der Waals surface area contributed by atoms with Crippen LogP contribution in [0.2, 0.25) is 0 Å². The summed E-state index contributed by atoms with van der Waals surface area (Å²) in [5.74, 6) is -0.326. The molecule has 2 aromatic heterocycles. The van der Waals surface area contributed by atoms with E-state index in [2.05, 4.69) is 20.9 Å². The van der Waals surface area contributed by atoms with E-state index in [9.17, 15) is 14.4 Å². The van der Waals surface area contributed by atoms with Gasteiger partial charge in [0.15, 0.2) is 0 Å². The Morgan fingerprint density at radius 2 is 1.84 bits per heavy atom. The van der Waals surface area contributed by atoms with Crippen LogP contribution in [0.1, 0.15) is 28.8 Å². The van der Waals surface area contributed by atoms with Gasteiger partial charge in [0.1, 0.15) is 4.83 Å². The fourth-order valence-electron chi connectivity index (χ4n) is 3.95. The first-order valence-electron chi connectivity index (χ1n) is 10.0. The molecule has 0 N–H and O–H groups in total. The number of nitrogens with zero attached hydrogens (tertiary/aromatic N) is 3. The van der Waals surface area contributed by atoms with Crippen LogP contribution in [0.25, 0.3) is 16.3 Å². The van der Waals surface area contributed by atoms with Gasteiger partial charge in [-0.15, -0.1) is 11.3 Å². The topological polar surface area (TPSA) is 72.3 Å². The molecule has 2 amide bonds. The summed E-state index contributed by atoms with van der Waals surface area (Å²) >= 11 is 5.92. The van der Waals surface area contributed by atoms with E-state index in [4.69, 9.17) is 0 Å². The monoisotopic (exact) mass is 515 g/mol. The Morgan fingerprint density at radius 3 is 2.65 bits per heavy atom. The lowest BCUT2D eigenvalue weighted by Crippen LogP contribution is -2.34. The smallest absolute Gasteiger partial charge is 0.293 e. The van der Waals surface area contributed by atoms with E-state index in [1.54, 1.807) is 17.4 Å². The van der Waals surface area contributed by atoms with Crippen molar-refractivity contribution < 1.29 is 9.59 Å². The summed E-state index contributed by atoms with van der Waals surface area (Å²) in [6, 6.07) is 7.52. The standard InChI is InChI=1S/C22H18BrN3O3S2/c23-14-7-5-13(6-8-14)11-17-20(27)26(22(29)31-17)10-9-25-12-24-19-18(21(25)28)15-3-1-2-4-16(15)30-19/h5-8,11-12H,1-4,9-10H2/b17-11+. The maximum absolute atomic E-state index is 13.1. The van der Waals surface area contributed by atoms with Crippen LogP contribution in [-0.2, 0) is 24.2 Å². The van der Waals surface area contributed by atoms with E-state index in [1.807, 2.05) is 24.3 Å². The minimum Gasteiger partial charge on any atom is -0.297 e. The highest BCUT2D eigenvalue weighted by molar-refractivity contribution is 9.10. The summed E-state index contributed by atoms with van der Waals surface area (Å²) in [6.45, 7) is 0.373. The van der Waals surface area contributed by atoms with Crippen LogP contribution in [-0.4, -0.2) is 32.1 Å². The van der Waals surface area contributed by atoms with Gasteiger partial charge in [-0.05, 0) is 66.8 Å². The number of benzene rings is 1. The molecule has 6 nitrogen and oxygen atoms in total. The molecule has 0 unspecified atom stereocenters. The Morgan fingerprint density at radius 1 is 1.06 bits per heavy atom. The number of hydrogen-bond donors (Lipinski definition) is 0. The minimum absolute atomic E-state index is 0.0817. The van der Waals surface area contributed by atoms with Crippen LogP contribution >= 0.6 is 39.0 Å². The number of thioether (sulfide) groups is 1. The number of rotatable bonds is 4. The number of aromatic nitrogens is 2. The molecule has 1 aliphatic heterocycles. The van der Waals surface area contributed by atoms with Crippen molar-refractivity contribution in [2.24, 2.45) is 0 Å². The van der Waals surface area contributed by atoms with Gasteiger partial charge in [0, 0.05) is 22.4 Å². The van der Waals surface area contributed by atoms with Crippen molar-refractivity contribution in [1.82, 2.24) is 14.5 Å². The molecule has 3 aromatic rings. The number of carbonyl (C=O) groups is 2. The van der Waals surface area contributed by atoms with E-state index in [1.165, 1.54) is 20.7 Å². The van der Waals surface area contributed by atoms with Gasteiger partial charge in [0.05, 0.1) is 16.6 Å². The predicted molar refractivity (Wildman–Crippen MR) is 127 cm³/mol. The van der Waals surface area contributed by atoms with Crippen molar-refractivity contribution in [3.05, 3.63) is 66.3 Å². The van der Waals surface area contributed by atoms with Gasteiger partial charge in [-0.1, -0.05) is 28.1 Å². The van der Waals surface area contributed by atoms with Crippen LogP contribution < -0.4 is 5.56 Å². The molecule has 158 valence electrons. The molecule has 0 atom stereocenters. The maximum atomic E-state index is 13.1. The maximum Gasteiger partial charge on any atom is 0.293 e. The van der Waals surface area contributed by atoms with Crippen molar-refractivity contribution in [3.63, 3.8) is 0 Å². The van der Waals surface area contributed by atoms with Gasteiger partial charge >= 0.3 is 0 Å². The molecule has 0 bridgehead atoms. The minimum atomic E-state index is -0.326. The molecular weight excluding hydrogens is 498 g/mol. The van der Waals surface area contributed by atoms with Gasteiger partial charge in [-0.2, -0.15) is 0 Å². The third kappa shape index (κ3) is 3.90. The number of imide groups is 1. The number of carbonyl (C=O) groups excluding carboxylic acids is 2. The zero-order chi connectivity index (χ0) is 21.5. The predicted octanol–water partition coefficient (Wildman–Crippen LogP) is 4.84. The first-order valence-corrected chi connectivity index (χ1v) is 12.4. The van der Waals surface area contributed by atoms with Crippen LogP contribution in [0.4, 0.5) is 4.79 Å². The number of amides is 2. The van der Waals surface area contributed by atoms with Gasteiger partial charge in [-0.3, -0.25) is 23.9 Å². The normalized spacial score (nSPS) is 17.7. The molecular formula is C22H18BrN3O3S2. The Hall–Kier alpha value is -2.23. The molecule has 2 aliphatic rings. The van der Waals surface area contributed by atoms with Crippen LogP contribution in [0.15, 0.2) is 44.8 Å². The van der Waals surface area contributed by atoms with Crippen LogP contribution in [0, 0.1) is 0 Å². The Labute approximate surface area is 195 Å². The average Bonchev–Trinajstić information content (AvgIpc) is 3.27. The molecule has 1 saturated heterocycles. The van der Waals surface area contributed by atoms with E-state index in [0.29, 0.717) is 10.3 Å². The quantitative estimate of drug-likeness (QED) is 0.465. The van der Waals surface area contributed by atoms with Crippen molar-refractivity contribution in [1.29, 1.82) is 0 Å². The molecule has 0 spiro atoms. The van der Waals surface area contributed by atoms with Gasteiger partial charge in [-0.25, -0.2) is 4.98 Å². The summed E-state index contributed by atoms with van der Waals surface area (Å²) in [5, 5.41) is 0.398. The number of thiophene rings is 1. The highest BCUT2D eigenvalue weighted by Gasteiger charge is 2.34. The van der Waals surface area contributed by atoms with Crippen LogP contribution in [0.3, 0.4) is 0 Å². The molecule has 5 rings (SSSR count). The highest BCUT2D eigenvalue weighted by Crippen LogP contribution is 2.34. The van der Waals surface area contributed by atoms with Crippen molar-refractivity contribution in [2.45, 2.75) is 32.2 Å². The number of fused-ring (bicyclic) bond motifs is 3. The lowest BCUT2D eigenvalue weighted by atomic mass is 9.97. The number of aryl methyl sites for hydroxylation is 2. The summed E-state index contributed by atoms with van der Waals surface area (Å²) < 4.78 is 2.46. The van der Waals surface area contributed by atoms with E-state index < -0.39 is 0 Å². The van der Waals surface area contributed by atoms with E-state index >= 15 is 0 Å². The number of halogens is 1. The first kappa shape index (κ1) is 20.7. The molecule has 3 heterocycles. The molecule has 9 heteroatoms. The number of hydrogen-bond acceptors (Lipinski definition) is 6. The second-order valence-corrected chi connectivity index (χ2v) is 10.5. The molecule has 1 aliphatic carbocycles. The fourth-order valence-corrected chi connectivity index (χ4v) is 6.30. The molecule has 1 fully saturated rings. The van der Waals surface area contributed by atoms with Gasteiger partial charge in [0.25, 0.3) is 16.7 Å². The summed E-state index contributed by atoms with van der Waals surface area (Å²) in [6.07, 6.45) is 7.42.